The highest BCUT2D eigenvalue weighted by Crippen LogP contribution is 2.24. The van der Waals surface area contributed by atoms with Gasteiger partial charge in [-0.3, -0.25) is 0 Å². The van der Waals surface area contributed by atoms with E-state index in [0.29, 0.717) is 0 Å². The Kier molecular flexibility index (Phi) is 6.21. The van der Waals surface area contributed by atoms with Crippen LogP contribution in [-0.4, -0.2) is 6.54 Å². The van der Waals surface area contributed by atoms with E-state index in [1.807, 2.05) is 12.1 Å². The van der Waals surface area contributed by atoms with E-state index in [1.165, 1.54) is 11.6 Å². The minimum atomic E-state index is -0.361. The minimum Gasteiger partial charge on any atom is -0.310 e. The third-order valence-electron chi connectivity index (χ3n) is 3.60. The summed E-state index contributed by atoms with van der Waals surface area (Å²) in [7, 11) is 0. The predicted molar refractivity (Wildman–Crippen MR) is 87.2 cm³/mol. The number of rotatable bonds is 7. The molecule has 0 amide bonds. The van der Waals surface area contributed by atoms with E-state index in [0.717, 1.165) is 31.4 Å². The van der Waals surface area contributed by atoms with Gasteiger partial charge in [-0.25, -0.2) is 4.39 Å². The van der Waals surface area contributed by atoms with Gasteiger partial charge in [0.1, 0.15) is 5.82 Å². The summed E-state index contributed by atoms with van der Waals surface area (Å²) in [5.41, 5.74) is 2.40. The van der Waals surface area contributed by atoms with E-state index < -0.39 is 0 Å². The molecule has 0 bridgehead atoms. The molecule has 112 valence electrons. The van der Waals surface area contributed by atoms with E-state index in [1.54, 1.807) is 6.07 Å². The topological polar surface area (TPSA) is 12.0 Å². The lowest BCUT2D eigenvalue weighted by Crippen LogP contribution is -2.21. The SMILES string of the molecule is CCNC(CCCc1ccccc1)c1ccc(F)c(Cl)c1. The average molecular weight is 306 g/mol. The lowest BCUT2D eigenvalue weighted by Gasteiger charge is -2.19. The second-order valence-electron chi connectivity index (χ2n) is 5.16. The van der Waals surface area contributed by atoms with E-state index >= 15 is 0 Å². The summed E-state index contributed by atoms with van der Waals surface area (Å²) >= 11 is 5.89. The second kappa shape index (κ2) is 8.16. The van der Waals surface area contributed by atoms with Gasteiger partial charge in [0.25, 0.3) is 0 Å². The molecule has 21 heavy (non-hydrogen) atoms. The molecule has 1 atom stereocenters. The van der Waals surface area contributed by atoms with Gasteiger partial charge in [-0.05, 0) is 49.1 Å². The van der Waals surface area contributed by atoms with Gasteiger partial charge < -0.3 is 5.32 Å². The third kappa shape index (κ3) is 4.83. The summed E-state index contributed by atoms with van der Waals surface area (Å²) in [6.07, 6.45) is 3.14. The van der Waals surface area contributed by atoms with Crippen molar-refractivity contribution in [1.82, 2.24) is 5.32 Å². The zero-order chi connectivity index (χ0) is 15.1. The Hall–Kier alpha value is -1.38. The summed E-state index contributed by atoms with van der Waals surface area (Å²) in [5, 5.41) is 3.64. The van der Waals surface area contributed by atoms with Crippen LogP contribution < -0.4 is 5.32 Å². The highest BCUT2D eigenvalue weighted by molar-refractivity contribution is 6.30. The highest BCUT2D eigenvalue weighted by atomic mass is 35.5. The van der Waals surface area contributed by atoms with Crippen LogP contribution in [0.5, 0.6) is 0 Å². The fourth-order valence-corrected chi connectivity index (χ4v) is 2.71. The van der Waals surface area contributed by atoms with Crippen LogP contribution in [0.25, 0.3) is 0 Å². The zero-order valence-corrected chi connectivity index (χ0v) is 13.0. The molecular formula is C18H21ClFN. The molecule has 1 nitrogen and oxygen atoms in total. The smallest absolute Gasteiger partial charge is 0.141 e. The molecule has 0 saturated heterocycles. The van der Waals surface area contributed by atoms with Gasteiger partial charge in [-0.2, -0.15) is 0 Å². The molecule has 1 unspecified atom stereocenters. The van der Waals surface area contributed by atoms with Crippen molar-refractivity contribution in [3.8, 4) is 0 Å². The predicted octanol–water partition coefficient (Wildman–Crippen LogP) is 5.15. The molecule has 0 heterocycles. The van der Waals surface area contributed by atoms with Crippen molar-refractivity contribution in [2.45, 2.75) is 32.2 Å². The molecule has 1 N–H and O–H groups in total. The molecule has 2 aromatic carbocycles. The maximum absolute atomic E-state index is 13.3. The lowest BCUT2D eigenvalue weighted by molar-refractivity contribution is 0.497. The Bertz CT molecular complexity index is 556. The van der Waals surface area contributed by atoms with Crippen LogP contribution in [0.3, 0.4) is 0 Å². The third-order valence-corrected chi connectivity index (χ3v) is 3.89. The van der Waals surface area contributed by atoms with Crippen LogP contribution in [-0.2, 0) is 6.42 Å². The number of benzene rings is 2. The molecule has 3 heteroatoms. The molecule has 0 aliphatic heterocycles. The van der Waals surface area contributed by atoms with Crippen LogP contribution in [0.15, 0.2) is 48.5 Å². The monoisotopic (exact) mass is 305 g/mol. The van der Waals surface area contributed by atoms with Gasteiger partial charge in [0, 0.05) is 6.04 Å². The number of halogens is 2. The van der Waals surface area contributed by atoms with E-state index in [4.69, 9.17) is 11.6 Å². The first-order valence-corrected chi connectivity index (χ1v) is 7.80. The van der Waals surface area contributed by atoms with Crippen molar-refractivity contribution < 1.29 is 4.39 Å². The average Bonchev–Trinajstić information content (AvgIpc) is 2.50. The van der Waals surface area contributed by atoms with Gasteiger partial charge in [-0.15, -0.1) is 0 Å². The Balaban J connectivity index is 1.97. The van der Waals surface area contributed by atoms with Crippen molar-refractivity contribution in [1.29, 1.82) is 0 Å². The summed E-state index contributed by atoms with van der Waals surface area (Å²) in [6, 6.07) is 15.7. The van der Waals surface area contributed by atoms with Crippen LogP contribution in [0, 0.1) is 5.82 Å². The second-order valence-corrected chi connectivity index (χ2v) is 5.57. The molecule has 2 rings (SSSR count). The summed E-state index contributed by atoms with van der Waals surface area (Å²) < 4.78 is 13.3. The molecule has 0 spiro atoms. The lowest BCUT2D eigenvalue weighted by atomic mass is 9.99. The molecule has 0 radical (unpaired) electrons. The Labute approximate surface area is 131 Å². The number of aryl methyl sites for hydroxylation is 1. The van der Waals surface area contributed by atoms with E-state index in [2.05, 4.69) is 36.5 Å². The molecule has 0 fully saturated rings. The van der Waals surface area contributed by atoms with Gasteiger partial charge >= 0.3 is 0 Å². The van der Waals surface area contributed by atoms with E-state index in [9.17, 15) is 4.39 Å². The number of hydrogen-bond acceptors (Lipinski definition) is 1. The molecular weight excluding hydrogens is 285 g/mol. The van der Waals surface area contributed by atoms with Crippen LogP contribution >= 0.6 is 11.6 Å². The molecule has 0 aliphatic carbocycles. The standard InChI is InChI=1S/C18H21ClFN/c1-2-21-18(15-11-12-17(20)16(19)13-15)10-6-9-14-7-4-3-5-8-14/h3-5,7-8,11-13,18,21H,2,6,9-10H2,1H3. The maximum Gasteiger partial charge on any atom is 0.141 e. The largest absolute Gasteiger partial charge is 0.310 e. The van der Waals surface area contributed by atoms with Gasteiger partial charge in [0.05, 0.1) is 5.02 Å². The van der Waals surface area contributed by atoms with Crippen molar-refractivity contribution in [3.63, 3.8) is 0 Å². The first-order chi connectivity index (χ1) is 10.2. The van der Waals surface area contributed by atoms with Gasteiger partial charge in [-0.1, -0.05) is 54.9 Å². The summed E-state index contributed by atoms with van der Waals surface area (Å²) in [5.74, 6) is -0.361. The molecule has 0 aromatic heterocycles. The van der Waals surface area contributed by atoms with Gasteiger partial charge in [0.2, 0.25) is 0 Å². The maximum atomic E-state index is 13.3. The summed E-state index contributed by atoms with van der Waals surface area (Å²) in [6.45, 7) is 2.96. The molecule has 0 saturated carbocycles. The fourth-order valence-electron chi connectivity index (χ4n) is 2.52. The number of nitrogens with one attached hydrogen (secondary N) is 1. The Morgan fingerprint density at radius 3 is 2.57 bits per heavy atom. The first kappa shape index (κ1) is 16.0. The van der Waals surface area contributed by atoms with Crippen LogP contribution in [0.4, 0.5) is 4.39 Å². The highest BCUT2D eigenvalue weighted by Gasteiger charge is 2.12. The van der Waals surface area contributed by atoms with Crippen molar-refractivity contribution in [2.75, 3.05) is 6.54 Å². The van der Waals surface area contributed by atoms with Crippen LogP contribution in [0.2, 0.25) is 5.02 Å². The number of hydrogen-bond donors (Lipinski definition) is 1. The fraction of sp³-hybridized carbons (Fsp3) is 0.333. The molecule has 2 aromatic rings. The Morgan fingerprint density at radius 2 is 1.90 bits per heavy atom. The quantitative estimate of drug-likeness (QED) is 0.745. The molecule has 0 aliphatic rings. The van der Waals surface area contributed by atoms with Crippen molar-refractivity contribution in [3.05, 3.63) is 70.5 Å². The van der Waals surface area contributed by atoms with Crippen molar-refractivity contribution >= 4 is 11.6 Å². The van der Waals surface area contributed by atoms with Crippen molar-refractivity contribution in [2.24, 2.45) is 0 Å². The zero-order valence-electron chi connectivity index (χ0n) is 12.3. The first-order valence-electron chi connectivity index (χ1n) is 7.43. The Morgan fingerprint density at radius 1 is 1.14 bits per heavy atom. The van der Waals surface area contributed by atoms with Crippen LogP contribution in [0.1, 0.15) is 36.9 Å². The van der Waals surface area contributed by atoms with E-state index in [-0.39, 0.29) is 16.9 Å². The van der Waals surface area contributed by atoms with Gasteiger partial charge in [0.15, 0.2) is 0 Å². The minimum absolute atomic E-state index is 0.193. The summed E-state index contributed by atoms with van der Waals surface area (Å²) in [4.78, 5) is 0. The normalized spacial score (nSPS) is 12.3.